The number of carbonyl (C=O) groups excluding carboxylic acids is 1. The molecule has 8 heteroatoms. The summed E-state index contributed by atoms with van der Waals surface area (Å²) in [5.41, 5.74) is 1.93. The molecule has 35 heavy (non-hydrogen) atoms. The van der Waals surface area contributed by atoms with Gasteiger partial charge in [-0.25, -0.2) is 9.78 Å². The van der Waals surface area contributed by atoms with Crippen LogP contribution in [0.4, 0.5) is 0 Å². The second-order valence-corrected chi connectivity index (χ2v) is 10.6. The van der Waals surface area contributed by atoms with E-state index in [9.17, 15) is 9.59 Å². The maximum absolute atomic E-state index is 13.0. The van der Waals surface area contributed by atoms with E-state index in [1.807, 2.05) is 12.1 Å². The van der Waals surface area contributed by atoms with E-state index < -0.39 is 0 Å². The van der Waals surface area contributed by atoms with Gasteiger partial charge in [0.15, 0.2) is 11.2 Å². The molecular formula is C27H32N4O4. The van der Waals surface area contributed by atoms with Crippen molar-refractivity contribution >= 4 is 17.1 Å². The minimum absolute atomic E-state index is 0.0724. The summed E-state index contributed by atoms with van der Waals surface area (Å²) in [4.78, 5) is 40.7. The summed E-state index contributed by atoms with van der Waals surface area (Å²) in [7, 11) is 0. The van der Waals surface area contributed by atoms with Crippen LogP contribution in [0.25, 0.3) is 11.2 Å². The molecule has 2 heterocycles. The van der Waals surface area contributed by atoms with Crippen molar-refractivity contribution in [2.75, 3.05) is 6.61 Å². The van der Waals surface area contributed by atoms with E-state index in [2.05, 4.69) is 21.9 Å². The fraction of sp³-hybridized carbons (Fsp3) is 0.556. The number of aromatic nitrogens is 4. The Kier molecular flexibility index (Phi) is 5.42. The number of aromatic amines is 2. The van der Waals surface area contributed by atoms with Crippen molar-refractivity contribution in [1.29, 1.82) is 0 Å². The number of nitrogens with one attached hydrogen (secondary N) is 2. The van der Waals surface area contributed by atoms with E-state index in [1.54, 1.807) is 19.1 Å². The van der Waals surface area contributed by atoms with Crippen molar-refractivity contribution in [3.05, 3.63) is 51.6 Å². The topological polar surface area (TPSA) is 110 Å². The Morgan fingerprint density at radius 1 is 1.14 bits per heavy atom. The number of ether oxygens (including phenoxy) is 2. The maximum atomic E-state index is 13.0. The molecule has 7 rings (SSSR count). The van der Waals surface area contributed by atoms with Crippen LogP contribution < -0.4 is 10.3 Å². The molecule has 4 aliphatic carbocycles. The SMILES string of the molecule is CCCC(Oc1nc2nc(C34CC5CC(C3)C(C5)C4)[nH]c2c(=O)[nH]1)c1cccc(C(=O)OCC)c1. The van der Waals surface area contributed by atoms with E-state index in [0.717, 1.165) is 42.0 Å². The van der Waals surface area contributed by atoms with Crippen LogP contribution in [-0.4, -0.2) is 32.5 Å². The highest BCUT2D eigenvalue weighted by molar-refractivity contribution is 5.89. The summed E-state index contributed by atoms with van der Waals surface area (Å²) in [5, 5.41) is 0. The summed E-state index contributed by atoms with van der Waals surface area (Å²) in [5.74, 6) is 2.98. The Balaban J connectivity index is 1.29. The first-order valence-electron chi connectivity index (χ1n) is 12.9. The molecule has 3 aromatic rings. The second-order valence-electron chi connectivity index (χ2n) is 10.6. The number of rotatable bonds is 8. The van der Waals surface area contributed by atoms with Crippen LogP contribution in [0.1, 0.15) is 86.6 Å². The molecule has 0 aliphatic heterocycles. The largest absolute Gasteiger partial charge is 0.462 e. The molecule has 0 radical (unpaired) electrons. The van der Waals surface area contributed by atoms with Gasteiger partial charge in [0.1, 0.15) is 11.9 Å². The lowest BCUT2D eigenvalue weighted by Crippen LogP contribution is -2.32. The van der Waals surface area contributed by atoms with E-state index in [0.29, 0.717) is 29.8 Å². The number of carbonyl (C=O) groups is 1. The van der Waals surface area contributed by atoms with Gasteiger partial charge in [-0.15, -0.1) is 0 Å². The second kappa shape index (κ2) is 8.50. The van der Waals surface area contributed by atoms with Crippen LogP contribution in [0.2, 0.25) is 0 Å². The summed E-state index contributed by atoms with van der Waals surface area (Å²) >= 11 is 0. The highest BCUT2D eigenvalue weighted by Crippen LogP contribution is 2.64. The van der Waals surface area contributed by atoms with Gasteiger partial charge in [0, 0.05) is 5.41 Å². The Labute approximate surface area is 203 Å². The third kappa shape index (κ3) is 3.83. The number of H-pyrrole nitrogens is 2. The normalized spacial score (nSPS) is 27.4. The predicted molar refractivity (Wildman–Crippen MR) is 130 cm³/mol. The van der Waals surface area contributed by atoms with Crippen LogP contribution in [0.3, 0.4) is 0 Å². The minimum Gasteiger partial charge on any atom is -0.462 e. The molecule has 8 nitrogen and oxygen atoms in total. The lowest BCUT2D eigenvalue weighted by Gasteiger charge is -2.36. The average molecular weight is 477 g/mol. The van der Waals surface area contributed by atoms with Crippen molar-refractivity contribution in [3.63, 3.8) is 0 Å². The Morgan fingerprint density at radius 2 is 1.94 bits per heavy atom. The molecule has 4 fully saturated rings. The molecule has 2 aromatic heterocycles. The Bertz CT molecular complexity index is 1310. The molecule has 4 aliphatic rings. The molecule has 3 atom stereocenters. The number of hydrogen-bond acceptors (Lipinski definition) is 6. The van der Waals surface area contributed by atoms with Gasteiger partial charge < -0.3 is 14.5 Å². The first kappa shape index (κ1) is 22.3. The van der Waals surface area contributed by atoms with Gasteiger partial charge in [0.25, 0.3) is 11.6 Å². The fourth-order valence-corrected chi connectivity index (χ4v) is 7.07. The smallest absolute Gasteiger partial charge is 0.338 e. The maximum Gasteiger partial charge on any atom is 0.338 e. The van der Waals surface area contributed by atoms with E-state index in [1.165, 1.54) is 25.7 Å². The van der Waals surface area contributed by atoms with Gasteiger partial charge in [-0.05, 0) is 80.9 Å². The fourth-order valence-electron chi connectivity index (χ4n) is 7.07. The highest BCUT2D eigenvalue weighted by Gasteiger charge is 2.57. The lowest BCUT2D eigenvalue weighted by molar-refractivity contribution is 0.0526. The summed E-state index contributed by atoms with van der Waals surface area (Å²) in [6.07, 6.45) is 7.42. The van der Waals surface area contributed by atoms with Crippen LogP contribution in [-0.2, 0) is 10.2 Å². The van der Waals surface area contributed by atoms with Crippen LogP contribution >= 0.6 is 0 Å². The molecular weight excluding hydrogens is 444 g/mol. The summed E-state index contributed by atoms with van der Waals surface area (Å²) < 4.78 is 11.3. The zero-order valence-electron chi connectivity index (χ0n) is 20.3. The van der Waals surface area contributed by atoms with Crippen molar-refractivity contribution in [2.24, 2.45) is 17.8 Å². The van der Waals surface area contributed by atoms with Crippen molar-refractivity contribution in [2.45, 2.75) is 70.3 Å². The number of esters is 1. The summed E-state index contributed by atoms with van der Waals surface area (Å²) in [6, 6.07) is 7.39. The molecule has 1 aromatic carbocycles. The van der Waals surface area contributed by atoms with E-state index >= 15 is 0 Å². The van der Waals surface area contributed by atoms with Gasteiger partial charge in [0.2, 0.25) is 0 Å². The number of benzene rings is 1. The van der Waals surface area contributed by atoms with E-state index in [4.69, 9.17) is 14.5 Å². The van der Waals surface area contributed by atoms with Gasteiger partial charge in [-0.1, -0.05) is 25.5 Å². The van der Waals surface area contributed by atoms with Crippen LogP contribution in [0.15, 0.2) is 29.1 Å². The number of hydrogen-bond donors (Lipinski definition) is 2. The van der Waals surface area contributed by atoms with Gasteiger partial charge in [-0.2, -0.15) is 4.98 Å². The summed E-state index contributed by atoms with van der Waals surface area (Å²) in [6.45, 7) is 4.16. The molecule has 4 saturated carbocycles. The standard InChI is InChI=1S/C27H32N4O4/c1-3-6-20(16-7-5-8-17(11-16)24(33)34-4-2)35-26-30-22-21(23(32)31-26)28-25(29-22)27-12-15-9-18(13-27)19(10-15)14-27/h5,7-8,11,15,18-20H,3-4,6,9-10,12-14H2,1-2H3,(H2,28,29,30,31,32). The van der Waals surface area contributed by atoms with Crippen LogP contribution in [0.5, 0.6) is 6.01 Å². The van der Waals surface area contributed by atoms with Crippen LogP contribution in [0, 0.1) is 17.8 Å². The Hall–Kier alpha value is -3.16. The molecule has 2 N–H and O–H groups in total. The molecule has 0 spiro atoms. The highest BCUT2D eigenvalue weighted by atomic mass is 16.5. The van der Waals surface area contributed by atoms with Gasteiger partial charge in [0.05, 0.1) is 12.2 Å². The monoisotopic (exact) mass is 476 g/mol. The van der Waals surface area contributed by atoms with Crippen molar-refractivity contribution < 1.29 is 14.3 Å². The third-order valence-electron chi connectivity index (χ3n) is 8.34. The predicted octanol–water partition coefficient (Wildman–Crippen LogP) is 4.82. The zero-order valence-corrected chi connectivity index (χ0v) is 20.3. The number of fused-ring (bicyclic) bond motifs is 1. The lowest BCUT2D eigenvalue weighted by atomic mass is 9.69. The Morgan fingerprint density at radius 3 is 2.66 bits per heavy atom. The quantitative estimate of drug-likeness (QED) is 0.451. The molecule has 184 valence electrons. The third-order valence-corrected chi connectivity index (χ3v) is 8.34. The first-order chi connectivity index (χ1) is 17.0. The van der Waals surface area contributed by atoms with E-state index in [-0.39, 0.29) is 29.1 Å². The molecule has 4 bridgehead atoms. The first-order valence-corrected chi connectivity index (χ1v) is 12.9. The molecule has 0 saturated heterocycles. The van der Waals surface area contributed by atoms with Crippen molar-refractivity contribution in [1.82, 2.24) is 19.9 Å². The van der Waals surface area contributed by atoms with Gasteiger partial charge >= 0.3 is 5.97 Å². The van der Waals surface area contributed by atoms with Crippen molar-refractivity contribution in [3.8, 4) is 6.01 Å². The zero-order chi connectivity index (χ0) is 24.2. The minimum atomic E-state index is -0.368. The molecule has 3 unspecified atom stereocenters. The van der Waals surface area contributed by atoms with Gasteiger partial charge in [-0.3, -0.25) is 9.78 Å². The molecule has 0 amide bonds. The average Bonchev–Trinajstić information content (AvgIpc) is 3.48. The number of imidazole rings is 1. The number of nitrogens with zero attached hydrogens (tertiary/aromatic N) is 2.